The predicted octanol–water partition coefficient (Wildman–Crippen LogP) is 1.61. The van der Waals surface area contributed by atoms with Crippen LogP contribution >= 0.6 is 0 Å². The lowest BCUT2D eigenvalue weighted by atomic mass is 10.1. The molecule has 1 aromatic carbocycles. The average molecular weight is 258 g/mol. The molecule has 0 bridgehead atoms. The highest BCUT2D eigenvalue weighted by atomic mass is 16.5. The Hall–Kier alpha value is -1.34. The SMILES string of the molecule is CC1CN(Cc2cccc(C#CCN)c2)C(C)CO1. The Balaban J connectivity index is 2.05. The maximum atomic E-state index is 5.66. The van der Waals surface area contributed by atoms with Gasteiger partial charge in [0.2, 0.25) is 0 Å². The smallest absolute Gasteiger partial charge is 0.0674 e. The molecule has 1 heterocycles. The first-order valence-electron chi connectivity index (χ1n) is 6.82. The topological polar surface area (TPSA) is 38.5 Å². The van der Waals surface area contributed by atoms with Gasteiger partial charge >= 0.3 is 0 Å². The highest BCUT2D eigenvalue weighted by Gasteiger charge is 2.23. The van der Waals surface area contributed by atoms with Crippen molar-refractivity contribution in [3.05, 3.63) is 35.4 Å². The third kappa shape index (κ3) is 4.07. The molecule has 1 aliphatic heterocycles. The van der Waals surface area contributed by atoms with Gasteiger partial charge < -0.3 is 10.5 Å². The van der Waals surface area contributed by atoms with Gasteiger partial charge in [0.25, 0.3) is 0 Å². The molecule has 3 heteroatoms. The van der Waals surface area contributed by atoms with E-state index in [4.69, 9.17) is 10.5 Å². The second kappa shape index (κ2) is 6.72. The summed E-state index contributed by atoms with van der Waals surface area (Å²) in [6, 6.07) is 8.85. The number of morpholine rings is 1. The molecule has 1 aliphatic rings. The molecule has 0 radical (unpaired) electrons. The summed E-state index contributed by atoms with van der Waals surface area (Å²) in [5, 5.41) is 0. The number of hydrogen-bond acceptors (Lipinski definition) is 3. The maximum Gasteiger partial charge on any atom is 0.0674 e. The van der Waals surface area contributed by atoms with Crippen molar-refractivity contribution in [3.8, 4) is 11.8 Å². The summed E-state index contributed by atoms with van der Waals surface area (Å²) in [6.45, 7) is 7.49. The third-order valence-electron chi connectivity index (χ3n) is 3.38. The Morgan fingerprint density at radius 1 is 1.42 bits per heavy atom. The van der Waals surface area contributed by atoms with Gasteiger partial charge in [-0.2, -0.15) is 0 Å². The van der Waals surface area contributed by atoms with Crippen LogP contribution < -0.4 is 5.73 Å². The first-order chi connectivity index (χ1) is 9.19. The second-order valence-electron chi connectivity index (χ2n) is 5.13. The van der Waals surface area contributed by atoms with Gasteiger partial charge in [-0.25, -0.2) is 0 Å². The lowest BCUT2D eigenvalue weighted by Gasteiger charge is -2.36. The third-order valence-corrected chi connectivity index (χ3v) is 3.38. The van der Waals surface area contributed by atoms with Crippen molar-refractivity contribution >= 4 is 0 Å². The van der Waals surface area contributed by atoms with E-state index in [-0.39, 0.29) is 0 Å². The van der Waals surface area contributed by atoms with E-state index in [0.717, 1.165) is 25.3 Å². The normalized spacial score (nSPS) is 23.7. The number of nitrogens with two attached hydrogens (primary N) is 1. The molecule has 3 nitrogen and oxygen atoms in total. The monoisotopic (exact) mass is 258 g/mol. The van der Waals surface area contributed by atoms with Crippen LogP contribution in [0.2, 0.25) is 0 Å². The lowest BCUT2D eigenvalue weighted by molar-refractivity contribution is -0.0526. The fourth-order valence-electron chi connectivity index (χ4n) is 2.33. The van der Waals surface area contributed by atoms with Crippen molar-refractivity contribution in [1.29, 1.82) is 0 Å². The number of ether oxygens (including phenoxy) is 1. The van der Waals surface area contributed by atoms with E-state index in [9.17, 15) is 0 Å². The van der Waals surface area contributed by atoms with Crippen LogP contribution in [0.3, 0.4) is 0 Å². The first-order valence-corrected chi connectivity index (χ1v) is 6.82. The Kier molecular flexibility index (Phi) is 4.98. The standard InChI is InChI=1S/C16H22N2O/c1-13-12-19-14(2)10-18(13)11-16-6-3-5-15(9-16)7-4-8-17/h3,5-6,9,13-14H,8,10-12,17H2,1-2H3. The molecule has 2 atom stereocenters. The van der Waals surface area contributed by atoms with Crippen LogP contribution in [0.25, 0.3) is 0 Å². The summed E-state index contributed by atoms with van der Waals surface area (Å²) in [5.74, 6) is 5.98. The average Bonchev–Trinajstić information content (AvgIpc) is 2.41. The Morgan fingerprint density at radius 2 is 2.26 bits per heavy atom. The molecule has 2 rings (SSSR count). The van der Waals surface area contributed by atoms with E-state index in [0.29, 0.717) is 18.7 Å². The van der Waals surface area contributed by atoms with Gasteiger partial charge in [-0.3, -0.25) is 4.90 Å². The van der Waals surface area contributed by atoms with Crippen LogP contribution in [0.15, 0.2) is 24.3 Å². The quantitative estimate of drug-likeness (QED) is 0.819. The molecule has 0 aromatic heterocycles. The largest absolute Gasteiger partial charge is 0.376 e. The van der Waals surface area contributed by atoms with Crippen molar-refractivity contribution in [2.24, 2.45) is 5.73 Å². The molecule has 0 saturated carbocycles. The van der Waals surface area contributed by atoms with E-state index >= 15 is 0 Å². The van der Waals surface area contributed by atoms with Gasteiger partial charge in [-0.1, -0.05) is 24.0 Å². The fourth-order valence-corrected chi connectivity index (χ4v) is 2.33. The van der Waals surface area contributed by atoms with Crippen LogP contribution in [0.5, 0.6) is 0 Å². The molecule has 1 aromatic rings. The van der Waals surface area contributed by atoms with Crippen molar-refractivity contribution in [3.63, 3.8) is 0 Å². The highest BCUT2D eigenvalue weighted by Crippen LogP contribution is 2.15. The summed E-state index contributed by atoms with van der Waals surface area (Å²) in [5.41, 5.74) is 7.74. The van der Waals surface area contributed by atoms with Crippen molar-refractivity contribution in [1.82, 2.24) is 4.90 Å². The summed E-state index contributed by atoms with van der Waals surface area (Å²) in [4.78, 5) is 2.46. The van der Waals surface area contributed by atoms with Gasteiger partial charge in [0.15, 0.2) is 0 Å². The number of benzene rings is 1. The van der Waals surface area contributed by atoms with Crippen molar-refractivity contribution in [2.45, 2.75) is 32.5 Å². The molecule has 0 amide bonds. The summed E-state index contributed by atoms with van der Waals surface area (Å²) < 4.78 is 5.66. The Bertz CT molecular complexity index is 475. The molecule has 19 heavy (non-hydrogen) atoms. The lowest BCUT2D eigenvalue weighted by Crippen LogP contribution is -2.46. The van der Waals surface area contributed by atoms with Crippen LogP contribution in [-0.4, -0.2) is 36.7 Å². The summed E-state index contributed by atoms with van der Waals surface area (Å²) in [7, 11) is 0. The van der Waals surface area contributed by atoms with Gasteiger partial charge in [0.1, 0.15) is 0 Å². The Morgan fingerprint density at radius 3 is 3.05 bits per heavy atom. The highest BCUT2D eigenvalue weighted by molar-refractivity contribution is 5.37. The summed E-state index contributed by atoms with van der Waals surface area (Å²) in [6.07, 6.45) is 0.316. The molecule has 0 spiro atoms. The summed E-state index contributed by atoms with van der Waals surface area (Å²) >= 11 is 0. The minimum absolute atomic E-state index is 0.316. The second-order valence-corrected chi connectivity index (χ2v) is 5.13. The van der Waals surface area contributed by atoms with Gasteiger partial charge in [0.05, 0.1) is 19.3 Å². The van der Waals surface area contributed by atoms with Crippen LogP contribution in [0.1, 0.15) is 25.0 Å². The van der Waals surface area contributed by atoms with Crippen molar-refractivity contribution < 1.29 is 4.74 Å². The maximum absolute atomic E-state index is 5.66. The molecule has 2 unspecified atom stereocenters. The van der Waals surface area contributed by atoms with E-state index < -0.39 is 0 Å². The van der Waals surface area contributed by atoms with E-state index in [2.05, 4.69) is 48.8 Å². The van der Waals surface area contributed by atoms with Gasteiger partial charge in [-0.15, -0.1) is 0 Å². The minimum atomic E-state index is 0.316. The Labute approximate surface area is 115 Å². The molecule has 1 fully saturated rings. The number of hydrogen-bond donors (Lipinski definition) is 1. The van der Waals surface area contributed by atoms with E-state index in [1.165, 1.54) is 5.56 Å². The van der Waals surface area contributed by atoms with Crippen LogP contribution in [-0.2, 0) is 11.3 Å². The zero-order chi connectivity index (χ0) is 13.7. The zero-order valence-corrected chi connectivity index (χ0v) is 11.7. The molecular weight excluding hydrogens is 236 g/mol. The van der Waals surface area contributed by atoms with Crippen molar-refractivity contribution in [2.75, 3.05) is 19.7 Å². The molecule has 102 valence electrons. The molecular formula is C16H22N2O. The van der Waals surface area contributed by atoms with Gasteiger partial charge in [-0.05, 0) is 31.5 Å². The molecule has 1 saturated heterocycles. The van der Waals surface area contributed by atoms with Crippen LogP contribution in [0, 0.1) is 11.8 Å². The predicted molar refractivity (Wildman–Crippen MR) is 77.7 cm³/mol. The zero-order valence-electron chi connectivity index (χ0n) is 11.7. The van der Waals surface area contributed by atoms with E-state index in [1.54, 1.807) is 0 Å². The van der Waals surface area contributed by atoms with E-state index in [1.807, 2.05) is 6.07 Å². The number of rotatable bonds is 2. The number of nitrogens with zero attached hydrogens (tertiary/aromatic N) is 1. The molecule has 2 N–H and O–H groups in total. The van der Waals surface area contributed by atoms with Crippen LogP contribution in [0.4, 0.5) is 0 Å². The fraction of sp³-hybridized carbons (Fsp3) is 0.500. The van der Waals surface area contributed by atoms with Gasteiger partial charge in [0, 0.05) is 24.7 Å². The first kappa shape index (κ1) is 14.1. The minimum Gasteiger partial charge on any atom is -0.376 e. The molecule has 0 aliphatic carbocycles.